The van der Waals surface area contributed by atoms with Crippen molar-refractivity contribution >= 4 is 27.0 Å². The number of nitrogens with one attached hydrogen (secondary N) is 1. The van der Waals surface area contributed by atoms with Crippen LogP contribution in [0.4, 0.5) is 5.69 Å². The summed E-state index contributed by atoms with van der Waals surface area (Å²) < 4.78 is 32.4. The number of methoxy groups -OCH3 is 1. The predicted octanol–water partition coefficient (Wildman–Crippen LogP) is 2.50. The smallest absolute Gasteiger partial charge is 0.271 e. The van der Waals surface area contributed by atoms with Crippen molar-refractivity contribution in [3.63, 3.8) is 0 Å². The van der Waals surface area contributed by atoms with E-state index in [2.05, 4.69) is 4.72 Å². The molecule has 114 valence electrons. The molecule has 0 amide bonds. The summed E-state index contributed by atoms with van der Waals surface area (Å²) in [6.45, 7) is 2.04. The van der Waals surface area contributed by atoms with Crippen LogP contribution in [0.2, 0.25) is 0 Å². The zero-order chi connectivity index (χ0) is 15.5. The number of thiophene rings is 1. The Labute approximate surface area is 128 Å². The van der Waals surface area contributed by atoms with Crippen LogP contribution in [0.3, 0.4) is 0 Å². The maximum Gasteiger partial charge on any atom is 0.271 e. The fourth-order valence-electron chi connectivity index (χ4n) is 1.87. The Balaban J connectivity index is 2.26. The van der Waals surface area contributed by atoms with Gasteiger partial charge in [0.2, 0.25) is 0 Å². The van der Waals surface area contributed by atoms with Gasteiger partial charge in [0, 0.05) is 17.7 Å². The highest BCUT2D eigenvalue weighted by Crippen LogP contribution is 2.27. The molecule has 2 rings (SSSR count). The van der Waals surface area contributed by atoms with E-state index in [-0.39, 0.29) is 10.8 Å². The van der Waals surface area contributed by atoms with Gasteiger partial charge in [-0.15, -0.1) is 11.3 Å². The lowest BCUT2D eigenvalue weighted by molar-refractivity contribution is 0.185. The molecule has 1 aromatic carbocycles. The molecule has 1 heterocycles. The van der Waals surface area contributed by atoms with Crippen LogP contribution < -0.4 is 4.72 Å². The van der Waals surface area contributed by atoms with E-state index in [0.29, 0.717) is 17.2 Å². The molecule has 21 heavy (non-hydrogen) atoms. The molecule has 7 heteroatoms. The molecule has 0 saturated carbocycles. The van der Waals surface area contributed by atoms with Gasteiger partial charge in [-0.3, -0.25) is 4.72 Å². The fourth-order valence-corrected chi connectivity index (χ4v) is 4.37. The molecule has 0 aliphatic heterocycles. The Morgan fingerprint density at radius 2 is 2.10 bits per heavy atom. The molecule has 5 nitrogen and oxygen atoms in total. The van der Waals surface area contributed by atoms with Crippen molar-refractivity contribution in [2.75, 3.05) is 11.8 Å². The van der Waals surface area contributed by atoms with Gasteiger partial charge in [0.05, 0.1) is 13.2 Å². The highest BCUT2D eigenvalue weighted by atomic mass is 32.2. The van der Waals surface area contributed by atoms with Gasteiger partial charge in [-0.2, -0.15) is 0 Å². The number of aliphatic hydroxyl groups excluding tert-OH is 1. The van der Waals surface area contributed by atoms with Crippen LogP contribution in [0.25, 0.3) is 0 Å². The Hall–Kier alpha value is -1.41. The van der Waals surface area contributed by atoms with E-state index in [1.54, 1.807) is 38.3 Å². The summed E-state index contributed by atoms with van der Waals surface area (Å²) in [5.74, 6) is 0. The van der Waals surface area contributed by atoms with Gasteiger partial charge in [-0.1, -0.05) is 12.1 Å². The highest BCUT2D eigenvalue weighted by molar-refractivity contribution is 7.94. The summed E-state index contributed by atoms with van der Waals surface area (Å²) in [4.78, 5) is 0.656. The summed E-state index contributed by atoms with van der Waals surface area (Å²) in [7, 11) is -2.06. The molecule has 0 spiro atoms. The first kappa shape index (κ1) is 16.0. The summed E-state index contributed by atoms with van der Waals surface area (Å²) in [5.41, 5.74) is 2.15. The number of hydrogen-bond donors (Lipinski definition) is 2. The number of benzene rings is 1. The van der Waals surface area contributed by atoms with Gasteiger partial charge >= 0.3 is 0 Å². The molecule has 0 unspecified atom stereocenters. The zero-order valence-corrected chi connectivity index (χ0v) is 13.4. The Bertz CT molecular complexity index is 722. The first-order chi connectivity index (χ1) is 9.96. The zero-order valence-electron chi connectivity index (χ0n) is 11.8. The Morgan fingerprint density at radius 1 is 1.33 bits per heavy atom. The maximum atomic E-state index is 12.3. The molecule has 0 atom stereocenters. The second-order valence-corrected chi connectivity index (χ2v) is 7.61. The Kier molecular flexibility index (Phi) is 5.00. The van der Waals surface area contributed by atoms with Gasteiger partial charge in [-0.25, -0.2) is 8.42 Å². The molecule has 1 aromatic heterocycles. The standard InChI is InChI=1S/C14H17NO4S2/c1-10-6-14(20-13(10)8-16)21(17,18)15-12-5-3-4-11(7-12)9-19-2/h3-7,15-16H,8-9H2,1-2H3. The second-order valence-electron chi connectivity index (χ2n) is 4.57. The van der Waals surface area contributed by atoms with E-state index >= 15 is 0 Å². The minimum Gasteiger partial charge on any atom is -0.391 e. The number of ether oxygens (including phenoxy) is 1. The number of aliphatic hydroxyl groups is 1. The lowest BCUT2D eigenvalue weighted by Crippen LogP contribution is -2.11. The minimum atomic E-state index is -3.64. The van der Waals surface area contributed by atoms with Gasteiger partial charge in [-0.05, 0) is 36.2 Å². The van der Waals surface area contributed by atoms with Crippen LogP contribution in [-0.4, -0.2) is 20.6 Å². The van der Waals surface area contributed by atoms with Gasteiger partial charge in [0.15, 0.2) is 0 Å². The number of rotatable bonds is 6. The van der Waals surface area contributed by atoms with E-state index < -0.39 is 10.0 Å². The molecule has 2 aromatic rings. The maximum absolute atomic E-state index is 12.3. The summed E-state index contributed by atoms with van der Waals surface area (Å²) >= 11 is 1.07. The van der Waals surface area contributed by atoms with E-state index in [1.165, 1.54) is 0 Å². The molecule has 0 radical (unpaired) electrons. The predicted molar refractivity (Wildman–Crippen MR) is 82.9 cm³/mol. The molecule has 0 saturated heterocycles. The molecule has 0 fully saturated rings. The van der Waals surface area contributed by atoms with E-state index in [1.807, 2.05) is 6.07 Å². The lowest BCUT2D eigenvalue weighted by Gasteiger charge is -2.08. The third-order valence-electron chi connectivity index (χ3n) is 2.90. The molecular weight excluding hydrogens is 310 g/mol. The van der Waals surface area contributed by atoms with Crippen molar-refractivity contribution in [2.45, 2.75) is 24.3 Å². The molecular formula is C14H17NO4S2. The second kappa shape index (κ2) is 6.57. The molecule has 2 N–H and O–H groups in total. The average molecular weight is 327 g/mol. The number of hydrogen-bond acceptors (Lipinski definition) is 5. The van der Waals surface area contributed by atoms with Crippen molar-refractivity contribution in [2.24, 2.45) is 0 Å². The minimum absolute atomic E-state index is 0.157. The third-order valence-corrected chi connectivity index (χ3v) is 5.97. The summed E-state index contributed by atoms with van der Waals surface area (Å²) in [6, 6.07) is 8.61. The number of sulfonamides is 1. The van der Waals surface area contributed by atoms with E-state index in [4.69, 9.17) is 9.84 Å². The summed E-state index contributed by atoms with van der Waals surface area (Å²) in [5, 5.41) is 9.16. The van der Waals surface area contributed by atoms with Crippen LogP contribution in [0, 0.1) is 6.92 Å². The van der Waals surface area contributed by atoms with Crippen LogP contribution >= 0.6 is 11.3 Å². The van der Waals surface area contributed by atoms with E-state index in [0.717, 1.165) is 22.5 Å². The SMILES string of the molecule is COCc1cccc(NS(=O)(=O)c2cc(C)c(CO)s2)c1. The van der Waals surface area contributed by atoms with Crippen molar-refractivity contribution in [1.29, 1.82) is 0 Å². The molecule has 0 aliphatic rings. The number of anilines is 1. The number of aryl methyl sites for hydroxylation is 1. The monoisotopic (exact) mass is 327 g/mol. The summed E-state index contributed by atoms with van der Waals surface area (Å²) in [6.07, 6.45) is 0. The van der Waals surface area contributed by atoms with E-state index in [9.17, 15) is 8.42 Å². The quantitative estimate of drug-likeness (QED) is 0.855. The average Bonchev–Trinajstić information content (AvgIpc) is 2.81. The normalized spacial score (nSPS) is 11.6. The van der Waals surface area contributed by atoms with Crippen LogP contribution in [0.1, 0.15) is 16.0 Å². The van der Waals surface area contributed by atoms with Crippen molar-refractivity contribution in [3.8, 4) is 0 Å². The third kappa shape index (κ3) is 3.82. The van der Waals surface area contributed by atoms with Crippen LogP contribution in [-0.2, 0) is 28.0 Å². The van der Waals surface area contributed by atoms with Crippen molar-refractivity contribution in [1.82, 2.24) is 0 Å². The van der Waals surface area contributed by atoms with Crippen LogP contribution in [0.5, 0.6) is 0 Å². The highest BCUT2D eigenvalue weighted by Gasteiger charge is 2.19. The largest absolute Gasteiger partial charge is 0.391 e. The molecule has 0 aliphatic carbocycles. The van der Waals surface area contributed by atoms with Crippen molar-refractivity contribution < 1.29 is 18.3 Å². The lowest BCUT2D eigenvalue weighted by atomic mass is 10.2. The first-order valence-electron chi connectivity index (χ1n) is 6.27. The van der Waals surface area contributed by atoms with Gasteiger partial charge < -0.3 is 9.84 Å². The van der Waals surface area contributed by atoms with Gasteiger partial charge in [0.1, 0.15) is 4.21 Å². The fraction of sp³-hybridized carbons (Fsp3) is 0.286. The topological polar surface area (TPSA) is 75.6 Å². The first-order valence-corrected chi connectivity index (χ1v) is 8.57. The van der Waals surface area contributed by atoms with Crippen molar-refractivity contribution in [3.05, 3.63) is 46.3 Å². The Morgan fingerprint density at radius 3 is 2.71 bits per heavy atom. The van der Waals surface area contributed by atoms with Gasteiger partial charge in [0.25, 0.3) is 10.0 Å². The molecule has 0 bridgehead atoms. The van der Waals surface area contributed by atoms with Crippen LogP contribution in [0.15, 0.2) is 34.5 Å².